The van der Waals surface area contributed by atoms with Crippen molar-refractivity contribution in [3.63, 3.8) is 0 Å². The summed E-state index contributed by atoms with van der Waals surface area (Å²) in [4.78, 5) is 0. The number of benzene rings is 2. The largest absolute Gasteiger partial charge is 0.396 e. The standard InChI is InChI=1S/C20H26O4/c21-13-7-12-20(24-15-18-10-5-2-6-11-18)19(22)16-23-14-17-8-3-1-4-9-17/h1-6,8-11,19-22H,7,12-16H2/t19-,20-/m1/s1. The van der Waals surface area contributed by atoms with Gasteiger partial charge in [0.2, 0.25) is 0 Å². The Kier molecular flexibility index (Phi) is 8.49. The molecule has 0 spiro atoms. The molecule has 2 rings (SSSR count). The fraction of sp³-hybridized carbons (Fsp3) is 0.400. The van der Waals surface area contributed by atoms with Gasteiger partial charge in [0.1, 0.15) is 6.10 Å². The summed E-state index contributed by atoms with van der Waals surface area (Å²) in [5.74, 6) is 0. The Morgan fingerprint density at radius 1 is 0.833 bits per heavy atom. The van der Waals surface area contributed by atoms with Gasteiger partial charge in [-0.2, -0.15) is 0 Å². The van der Waals surface area contributed by atoms with Crippen LogP contribution in [0.4, 0.5) is 0 Å². The van der Waals surface area contributed by atoms with E-state index in [4.69, 9.17) is 14.6 Å². The van der Waals surface area contributed by atoms with Crippen LogP contribution >= 0.6 is 0 Å². The molecule has 0 aliphatic rings. The van der Waals surface area contributed by atoms with E-state index in [0.29, 0.717) is 26.1 Å². The third-order valence-corrected chi connectivity index (χ3v) is 3.78. The summed E-state index contributed by atoms with van der Waals surface area (Å²) in [6.45, 7) is 1.19. The molecule has 0 radical (unpaired) electrons. The van der Waals surface area contributed by atoms with Crippen LogP contribution in [0.1, 0.15) is 24.0 Å². The van der Waals surface area contributed by atoms with Crippen molar-refractivity contribution in [3.05, 3.63) is 71.8 Å². The van der Waals surface area contributed by atoms with Crippen molar-refractivity contribution in [1.82, 2.24) is 0 Å². The number of rotatable bonds is 11. The second-order valence-electron chi connectivity index (χ2n) is 5.77. The van der Waals surface area contributed by atoms with Gasteiger partial charge in [-0.15, -0.1) is 0 Å². The van der Waals surface area contributed by atoms with Crippen LogP contribution in [0.3, 0.4) is 0 Å². The van der Waals surface area contributed by atoms with Gasteiger partial charge in [0.05, 0.1) is 25.9 Å². The topological polar surface area (TPSA) is 58.9 Å². The minimum atomic E-state index is -0.719. The van der Waals surface area contributed by atoms with Crippen LogP contribution in [0.25, 0.3) is 0 Å². The highest BCUT2D eigenvalue weighted by atomic mass is 16.5. The van der Waals surface area contributed by atoms with Crippen LogP contribution < -0.4 is 0 Å². The van der Waals surface area contributed by atoms with Crippen LogP contribution in [-0.2, 0) is 22.7 Å². The average molecular weight is 330 g/mol. The van der Waals surface area contributed by atoms with Crippen molar-refractivity contribution in [2.24, 2.45) is 0 Å². The molecular weight excluding hydrogens is 304 g/mol. The van der Waals surface area contributed by atoms with E-state index in [0.717, 1.165) is 11.1 Å². The fourth-order valence-electron chi connectivity index (χ4n) is 2.44. The van der Waals surface area contributed by atoms with E-state index in [9.17, 15) is 5.11 Å². The zero-order valence-corrected chi connectivity index (χ0v) is 13.9. The highest BCUT2D eigenvalue weighted by molar-refractivity contribution is 5.14. The molecule has 2 aromatic rings. The van der Waals surface area contributed by atoms with Crippen molar-refractivity contribution in [1.29, 1.82) is 0 Å². The van der Waals surface area contributed by atoms with Crippen LogP contribution in [-0.4, -0.2) is 35.6 Å². The molecule has 130 valence electrons. The number of hydrogen-bond donors (Lipinski definition) is 2. The van der Waals surface area contributed by atoms with Crippen molar-refractivity contribution in [2.45, 2.75) is 38.3 Å². The molecule has 0 fully saturated rings. The fourth-order valence-corrected chi connectivity index (χ4v) is 2.44. The first-order valence-corrected chi connectivity index (χ1v) is 8.35. The molecule has 0 bridgehead atoms. The molecule has 2 N–H and O–H groups in total. The lowest BCUT2D eigenvalue weighted by Crippen LogP contribution is -2.33. The zero-order chi connectivity index (χ0) is 17.0. The second kappa shape index (κ2) is 10.9. The summed E-state index contributed by atoms with van der Waals surface area (Å²) in [5, 5.41) is 19.4. The molecule has 4 heteroatoms. The third-order valence-electron chi connectivity index (χ3n) is 3.78. The predicted molar refractivity (Wildman–Crippen MR) is 93.4 cm³/mol. The van der Waals surface area contributed by atoms with E-state index in [1.54, 1.807) is 0 Å². The van der Waals surface area contributed by atoms with E-state index in [1.165, 1.54) is 0 Å². The van der Waals surface area contributed by atoms with Gasteiger partial charge in [0, 0.05) is 6.61 Å². The van der Waals surface area contributed by atoms with E-state index >= 15 is 0 Å². The van der Waals surface area contributed by atoms with Gasteiger partial charge in [0.15, 0.2) is 0 Å². The molecule has 0 aromatic heterocycles. The van der Waals surface area contributed by atoms with Crippen molar-refractivity contribution < 1.29 is 19.7 Å². The van der Waals surface area contributed by atoms with E-state index in [2.05, 4.69) is 0 Å². The molecule has 2 atom stereocenters. The van der Waals surface area contributed by atoms with Gasteiger partial charge in [-0.05, 0) is 24.0 Å². The number of ether oxygens (including phenoxy) is 2. The first-order chi connectivity index (χ1) is 11.8. The van der Waals surface area contributed by atoms with E-state index in [-0.39, 0.29) is 19.3 Å². The Labute approximate surface area is 143 Å². The number of aliphatic hydroxyl groups excluding tert-OH is 2. The van der Waals surface area contributed by atoms with Crippen molar-refractivity contribution in [2.75, 3.05) is 13.2 Å². The Bertz CT molecular complexity index is 544. The Hall–Kier alpha value is -1.72. The minimum Gasteiger partial charge on any atom is -0.396 e. The van der Waals surface area contributed by atoms with E-state index < -0.39 is 6.10 Å². The first kappa shape index (κ1) is 18.6. The molecule has 0 aliphatic heterocycles. The molecule has 0 heterocycles. The normalized spacial score (nSPS) is 13.6. The average Bonchev–Trinajstić information content (AvgIpc) is 2.63. The maximum Gasteiger partial charge on any atom is 0.103 e. The van der Waals surface area contributed by atoms with Crippen LogP contribution in [0.5, 0.6) is 0 Å². The van der Waals surface area contributed by atoms with Crippen LogP contribution in [0.2, 0.25) is 0 Å². The predicted octanol–water partition coefficient (Wildman–Crippen LogP) is 2.92. The Morgan fingerprint density at radius 3 is 2.00 bits per heavy atom. The SMILES string of the molecule is OCCC[C@@H](OCc1ccccc1)[C@H](O)COCc1ccccc1. The van der Waals surface area contributed by atoms with Gasteiger partial charge in [-0.3, -0.25) is 0 Å². The zero-order valence-electron chi connectivity index (χ0n) is 13.9. The van der Waals surface area contributed by atoms with Gasteiger partial charge in [-0.25, -0.2) is 0 Å². The minimum absolute atomic E-state index is 0.0861. The molecule has 4 nitrogen and oxygen atoms in total. The van der Waals surface area contributed by atoms with Gasteiger partial charge < -0.3 is 19.7 Å². The van der Waals surface area contributed by atoms with Crippen LogP contribution in [0.15, 0.2) is 60.7 Å². The highest BCUT2D eigenvalue weighted by Crippen LogP contribution is 2.13. The number of hydrogen-bond acceptors (Lipinski definition) is 4. The maximum absolute atomic E-state index is 10.4. The summed E-state index contributed by atoms with van der Waals surface area (Å²) >= 11 is 0. The number of aliphatic hydroxyl groups is 2. The molecule has 2 aromatic carbocycles. The summed E-state index contributed by atoms with van der Waals surface area (Å²) in [5.41, 5.74) is 2.13. The lowest BCUT2D eigenvalue weighted by atomic mass is 10.1. The van der Waals surface area contributed by atoms with Crippen molar-refractivity contribution in [3.8, 4) is 0 Å². The Morgan fingerprint density at radius 2 is 1.42 bits per heavy atom. The summed E-state index contributed by atoms with van der Waals surface area (Å²) in [6.07, 6.45) is 0.117. The monoisotopic (exact) mass is 330 g/mol. The summed E-state index contributed by atoms with van der Waals surface area (Å²) in [6, 6.07) is 19.7. The smallest absolute Gasteiger partial charge is 0.103 e. The van der Waals surface area contributed by atoms with Crippen molar-refractivity contribution >= 4 is 0 Å². The molecule has 0 amide bonds. The van der Waals surface area contributed by atoms with E-state index in [1.807, 2.05) is 60.7 Å². The third kappa shape index (κ3) is 6.81. The molecular formula is C20H26O4. The lowest BCUT2D eigenvalue weighted by Gasteiger charge is -2.23. The molecule has 0 saturated heterocycles. The summed E-state index contributed by atoms with van der Waals surface area (Å²) in [7, 11) is 0. The maximum atomic E-state index is 10.4. The molecule has 24 heavy (non-hydrogen) atoms. The van der Waals surface area contributed by atoms with Gasteiger partial charge in [0.25, 0.3) is 0 Å². The molecule has 0 saturated carbocycles. The van der Waals surface area contributed by atoms with Gasteiger partial charge in [-0.1, -0.05) is 60.7 Å². The Balaban J connectivity index is 1.79. The lowest BCUT2D eigenvalue weighted by molar-refractivity contribution is -0.0850. The second-order valence-corrected chi connectivity index (χ2v) is 5.77. The summed E-state index contributed by atoms with van der Waals surface area (Å²) < 4.78 is 11.5. The molecule has 0 aliphatic carbocycles. The van der Waals surface area contributed by atoms with Gasteiger partial charge >= 0.3 is 0 Å². The van der Waals surface area contributed by atoms with Crippen LogP contribution in [0, 0.1) is 0 Å². The molecule has 0 unspecified atom stereocenters. The first-order valence-electron chi connectivity index (χ1n) is 8.35. The quantitative estimate of drug-likeness (QED) is 0.665. The highest BCUT2D eigenvalue weighted by Gasteiger charge is 2.20.